The van der Waals surface area contributed by atoms with Gasteiger partial charge >= 0.3 is 6.18 Å². The summed E-state index contributed by atoms with van der Waals surface area (Å²) in [4.78, 5) is 7.01. The first kappa shape index (κ1) is 14.9. The normalized spacial score (nSPS) is 23.6. The summed E-state index contributed by atoms with van der Waals surface area (Å²) in [5.74, 6) is 1.01. The van der Waals surface area contributed by atoms with Gasteiger partial charge in [0.25, 0.3) is 0 Å². The highest BCUT2D eigenvalue weighted by Gasteiger charge is 2.33. The van der Waals surface area contributed by atoms with Crippen LogP contribution in [0.3, 0.4) is 0 Å². The number of nitrogens with one attached hydrogen (secondary N) is 1. The highest BCUT2D eigenvalue weighted by molar-refractivity contribution is 5.41. The number of nitrogens with zero attached hydrogens (tertiary/aromatic N) is 2. The third kappa shape index (κ3) is 3.98. The van der Waals surface area contributed by atoms with Gasteiger partial charge in [-0.25, -0.2) is 4.98 Å². The van der Waals surface area contributed by atoms with Gasteiger partial charge in [0.1, 0.15) is 5.82 Å². The first-order valence-corrected chi connectivity index (χ1v) is 6.80. The molecule has 20 heavy (non-hydrogen) atoms. The van der Waals surface area contributed by atoms with Gasteiger partial charge in [-0.05, 0) is 24.7 Å². The molecule has 1 aromatic rings. The molecular formula is C13H19F3N4. The van der Waals surface area contributed by atoms with Crippen LogP contribution in [-0.2, 0) is 6.18 Å². The molecule has 0 aliphatic heterocycles. The fourth-order valence-corrected chi connectivity index (χ4v) is 2.48. The van der Waals surface area contributed by atoms with Crippen LogP contribution in [0.5, 0.6) is 0 Å². The van der Waals surface area contributed by atoms with E-state index >= 15 is 0 Å². The number of aromatic nitrogens is 2. The lowest BCUT2D eigenvalue weighted by Crippen LogP contribution is -2.21. The van der Waals surface area contributed by atoms with Crippen molar-refractivity contribution in [2.24, 2.45) is 11.8 Å². The molecule has 0 spiro atoms. The molecule has 1 heterocycles. The van der Waals surface area contributed by atoms with E-state index < -0.39 is 11.9 Å². The smallest absolute Gasteiger partial charge is 0.370 e. The highest BCUT2D eigenvalue weighted by atomic mass is 19.4. The highest BCUT2D eigenvalue weighted by Crippen LogP contribution is 2.30. The molecule has 2 rings (SSSR count). The van der Waals surface area contributed by atoms with Crippen molar-refractivity contribution in [1.82, 2.24) is 9.97 Å². The van der Waals surface area contributed by atoms with Crippen LogP contribution in [0.4, 0.5) is 24.9 Å². The number of hydrogen-bond acceptors (Lipinski definition) is 4. The molecule has 4 nitrogen and oxygen atoms in total. The molecule has 0 bridgehead atoms. The molecule has 0 unspecified atom stereocenters. The van der Waals surface area contributed by atoms with Crippen LogP contribution in [0.25, 0.3) is 0 Å². The Morgan fingerprint density at radius 1 is 1.25 bits per heavy atom. The molecule has 0 radical (unpaired) electrons. The summed E-state index contributed by atoms with van der Waals surface area (Å²) in [6.45, 7) is 2.85. The zero-order valence-electron chi connectivity index (χ0n) is 11.4. The monoisotopic (exact) mass is 288 g/mol. The maximum Gasteiger partial charge on any atom is 0.433 e. The SMILES string of the molecule is CC1CCC(CNc2cc(C(F)(F)F)nc(N)n2)CC1. The number of anilines is 2. The summed E-state index contributed by atoms with van der Waals surface area (Å²) in [6.07, 6.45) is 0.0353. The van der Waals surface area contributed by atoms with Gasteiger partial charge in [-0.2, -0.15) is 18.2 Å². The Bertz CT molecular complexity index is 453. The molecule has 0 aromatic carbocycles. The first-order valence-electron chi connectivity index (χ1n) is 6.80. The second-order valence-electron chi connectivity index (χ2n) is 5.50. The molecule has 0 atom stereocenters. The average Bonchev–Trinajstić information content (AvgIpc) is 2.36. The van der Waals surface area contributed by atoms with E-state index in [0.29, 0.717) is 12.5 Å². The van der Waals surface area contributed by atoms with Gasteiger partial charge in [0.2, 0.25) is 5.95 Å². The van der Waals surface area contributed by atoms with Crippen LogP contribution < -0.4 is 11.1 Å². The van der Waals surface area contributed by atoms with Crippen LogP contribution in [0.1, 0.15) is 38.3 Å². The summed E-state index contributed by atoms with van der Waals surface area (Å²) >= 11 is 0. The standard InChI is InChI=1S/C13H19F3N4/c1-8-2-4-9(5-3-8)7-18-11-6-10(13(14,15)16)19-12(17)20-11/h6,8-9H,2-5,7H2,1H3,(H3,17,18,19,20). The van der Waals surface area contributed by atoms with E-state index in [4.69, 9.17) is 5.73 Å². The minimum absolute atomic E-state index is 0.142. The minimum atomic E-state index is -4.51. The van der Waals surface area contributed by atoms with Crippen LogP contribution in [0.15, 0.2) is 6.07 Å². The Hall–Kier alpha value is -1.53. The Balaban J connectivity index is 1.97. The van der Waals surface area contributed by atoms with Crippen LogP contribution in [-0.4, -0.2) is 16.5 Å². The van der Waals surface area contributed by atoms with Gasteiger partial charge < -0.3 is 11.1 Å². The third-order valence-corrected chi connectivity index (χ3v) is 3.74. The molecule has 1 fully saturated rings. The maximum atomic E-state index is 12.6. The van der Waals surface area contributed by atoms with E-state index in [2.05, 4.69) is 22.2 Å². The maximum absolute atomic E-state index is 12.6. The minimum Gasteiger partial charge on any atom is -0.370 e. The van der Waals surface area contributed by atoms with E-state index in [9.17, 15) is 13.2 Å². The van der Waals surface area contributed by atoms with Crippen molar-refractivity contribution in [1.29, 1.82) is 0 Å². The Kier molecular flexibility index (Phi) is 4.35. The van der Waals surface area contributed by atoms with Gasteiger partial charge in [-0.15, -0.1) is 0 Å². The van der Waals surface area contributed by atoms with Crippen LogP contribution >= 0.6 is 0 Å². The van der Waals surface area contributed by atoms with Crippen molar-refractivity contribution in [3.63, 3.8) is 0 Å². The first-order chi connectivity index (χ1) is 9.34. The quantitative estimate of drug-likeness (QED) is 0.895. The molecule has 1 aromatic heterocycles. The van der Waals surface area contributed by atoms with Crippen molar-refractivity contribution < 1.29 is 13.2 Å². The third-order valence-electron chi connectivity index (χ3n) is 3.74. The van der Waals surface area contributed by atoms with E-state index in [1.54, 1.807) is 0 Å². The van der Waals surface area contributed by atoms with Crippen molar-refractivity contribution in [3.05, 3.63) is 11.8 Å². The van der Waals surface area contributed by atoms with Gasteiger partial charge in [-0.1, -0.05) is 19.8 Å². The Morgan fingerprint density at radius 2 is 1.90 bits per heavy atom. The lowest BCUT2D eigenvalue weighted by Gasteiger charge is -2.26. The van der Waals surface area contributed by atoms with Crippen molar-refractivity contribution in [3.8, 4) is 0 Å². The molecule has 1 aliphatic carbocycles. The Morgan fingerprint density at radius 3 is 2.50 bits per heavy atom. The second kappa shape index (κ2) is 5.85. The number of nitrogens with two attached hydrogens (primary N) is 1. The van der Waals surface area contributed by atoms with Crippen LogP contribution in [0.2, 0.25) is 0 Å². The fourth-order valence-electron chi connectivity index (χ4n) is 2.48. The van der Waals surface area contributed by atoms with Gasteiger partial charge in [-0.3, -0.25) is 0 Å². The molecule has 112 valence electrons. The predicted molar refractivity (Wildman–Crippen MR) is 71.1 cm³/mol. The predicted octanol–water partition coefficient (Wildman–Crippen LogP) is 3.32. The molecule has 0 saturated heterocycles. The zero-order chi connectivity index (χ0) is 14.8. The van der Waals surface area contributed by atoms with Crippen molar-refractivity contribution in [2.75, 3.05) is 17.6 Å². The summed E-state index contributed by atoms with van der Waals surface area (Å²) in [5.41, 5.74) is 4.31. The zero-order valence-corrected chi connectivity index (χ0v) is 11.4. The van der Waals surface area contributed by atoms with E-state index in [0.717, 1.165) is 24.8 Å². The van der Waals surface area contributed by atoms with Crippen molar-refractivity contribution >= 4 is 11.8 Å². The molecule has 1 saturated carbocycles. The number of hydrogen-bond donors (Lipinski definition) is 2. The van der Waals surface area contributed by atoms with Gasteiger partial charge in [0.15, 0.2) is 5.69 Å². The lowest BCUT2D eigenvalue weighted by molar-refractivity contribution is -0.141. The molecule has 7 heteroatoms. The second-order valence-corrected chi connectivity index (χ2v) is 5.50. The van der Waals surface area contributed by atoms with E-state index in [1.165, 1.54) is 12.8 Å². The fraction of sp³-hybridized carbons (Fsp3) is 0.692. The van der Waals surface area contributed by atoms with E-state index in [1.807, 2.05) is 0 Å². The van der Waals surface area contributed by atoms with Gasteiger partial charge in [0.05, 0.1) is 0 Å². The molecular weight excluding hydrogens is 269 g/mol. The topological polar surface area (TPSA) is 63.8 Å². The summed E-state index contributed by atoms with van der Waals surface area (Å²) in [6, 6.07) is 0.905. The summed E-state index contributed by atoms with van der Waals surface area (Å²) < 4.78 is 37.8. The van der Waals surface area contributed by atoms with Crippen molar-refractivity contribution in [2.45, 2.75) is 38.8 Å². The van der Waals surface area contributed by atoms with Crippen LogP contribution in [0, 0.1) is 11.8 Å². The summed E-state index contributed by atoms with van der Waals surface area (Å²) in [7, 11) is 0. The number of rotatable bonds is 3. The number of alkyl halides is 3. The molecule has 3 N–H and O–H groups in total. The Labute approximate surface area is 116 Å². The number of halogens is 3. The summed E-state index contributed by atoms with van der Waals surface area (Å²) in [5, 5.41) is 2.95. The number of nitrogen functional groups attached to an aromatic ring is 1. The molecule has 1 aliphatic rings. The molecule has 0 amide bonds. The average molecular weight is 288 g/mol. The largest absolute Gasteiger partial charge is 0.433 e. The van der Waals surface area contributed by atoms with Gasteiger partial charge in [0, 0.05) is 12.6 Å². The van der Waals surface area contributed by atoms with E-state index in [-0.39, 0.29) is 11.8 Å². The lowest BCUT2D eigenvalue weighted by atomic mass is 9.83.